The monoisotopic (exact) mass is 205 g/mol. The van der Waals surface area contributed by atoms with Crippen LogP contribution in [-0.4, -0.2) is 19.2 Å². The normalized spacial score (nSPS) is 10.7. The molecule has 0 spiro atoms. The van der Waals surface area contributed by atoms with Crippen LogP contribution in [0.2, 0.25) is 0 Å². The van der Waals surface area contributed by atoms with Crippen LogP contribution in [0.3, 0.4) is 0 Å². The van der Waals surface area contributed by atoms with Crippen LogP contribution >= 0.6 is 0 Å². The van der Waals surface area contributed by atoms with Crippen molar-refractivity contribution < 1.29 is 5.11 Å². The first kappa shape index (κ1) is 9.98. The molecular formula is C11H15N3O. The van der Waals surface area contributed by atoms with Gasteiger partial charge in [-0.25, -0.2) is 4.98 Å². The van der Waals surface area contributed by atoms with Crippen molar-refractivity contribution in [3.05, 3.63) is 42.7 Å². The fourth-order valence-electron chi connectivity index (χ4n) is 1.65. The first-order valence-electron chi connectivity index (χ1n) is 5.11. The molecule has 0 aliphatic heterocycles. The summed E-state index contributed by atoms with van der Waals surface area (Å²) in [5.74, 6) is 0. The number of imidazole rings is 1. The standard InChI is InChI=1S/C11H15N3O/c15-9-11-3-1-6-14(11)7-2-5-13-8-4-12-10-13/h1,3-4,6,8,10,15H,2,5,7,9H2. The van der Waals surface area contributed by atoms with E-state index < -0.39 is 0 Å². The number of aromatic nitrogens is 3. The van der Waals surface area contributed by atoms with Gasteiger partial charge in [-0.2, -0.15) is 0 Å². The molecule has 0 unspecified atom stereocenters. The topological polar surface area (TPSA) is 43.0 Å². The SMILES string of the molecule is OCc1cccn1CCCn1ccnc1. The highest BCUT2D eigenvalue weighted by Gasteiger charge is 1.98. The van der Waals surface area contributed by atoms with Crippen LogP contribution < -0.4 is 0 Å². The molecule has 2 rings (SSSR count). The van der Waals surface area contributed by atoms with Gasteiger partial charge in [0.1, 0.15) is 0 Å². The Morgan fingerprint density at radius 1 is 1.27 bits per heavy atom. The molecule has 0 atom stereocenters. The zero-order valence-corrected chi connectivity index (χ0v) is 8.58. The molecule has 4 heteroatoms. The van der Waals surface area contributed by atoms with E-state index in [1.54, 1.807) is 6.20 Å². The van der Waals surface area contributed by atoms with Gasteiger partial charge in [-0.15, -0.1) is 0 Å². The molecule has 0 aromatic carbocycles. The van der Waals surface area contributed by atoms with Crippen molar-refractivity contribution in [1.82, 2.24) is 14.1 Å². The summed E-state index contributed by atoms with van der Waals surface area (Å²) in [6.07, 6.45) is 8.61. The van der Waals surface area contributed by atoms with E-state index in [1.165, 1.54) is 0 Å². The lowest BCUT2D eigenvalue weighted by Gasteiger charge is -2.07. The van der Waals surface area contributed by atoms with Gasteiger partial charge in [0, 0.05) is 37.4 Å². The van der Waals surface area contributed by atoms with Crippen molar-refractivity contribution in [2.24, 2.45) is 0 Å². The smallest absolute Gasteiger partial charge is 0.0945 e. The summed E-state index contributed by atoms with van der Waals surface area (Å²) in [4.78, 5) is 3.99. The average Bonchev–Trinajstić information content (AvgIpc) is 2.88. The molecule has 2 aromatic rings. The lowest BCUT2D eigenvalue weighted by atomic mass is 10.4. The van der Waals surface area contributed by atoms with Crippen LogP contribution in [0.25, 0.3) is 0 Å². The van der Waals surface area contributed by atoms with Crippen molar-refractivity contribution in [3.8, 4) is 0 Å². The minimum atomic E-state index is 0.109. The molecule has 15 heavy (non-hydrogen) atoms. The highest BCUT2D eigenvalue weighted by molar-refractivity contribution is 5.05. The Kier molecular flexibility index (Phi) is 3.19. The molecule has 0 saturated carbocycles. The molecule has 0 aliphatic carbocycles. The predicted molar refractivity (Wildman–Crippen MR) is 57.2 cm³/mol. The third-order valence-electron chi connectivity index (χ3n) is 2.46. The van der Waals surface area contributed by atoms with E-state index in [1.807, 2.05) is 30.9 Å². The van der Waals surface area contributed by atoms with Crippen molar-refractivity contribution in [2.75, 3.05) is 0 Å². The third-order valence-corrected chi connectivity index (χ3v) is 2.46. The fourth-order valence-corrected chi connectivity index (χ4v) is 1.65. The van der Waals surface area contributed by atoms with Crippen molar-refractivity contribution in [2.45, 2.75) is 26.1 Å². The summed E-state index contributed by atoms with van der Waals surface area (Å²) < 4.78 is 4.14. The van der Waals surface area contributed by atoms with E-state index in [2.05, 4.69) is 14.1 Å². The molecule has 0 aliphatic rings. The van der Waals surface area contributed by atoms with Crippen LogP contribution in [0.15, 0.2) is 37.1 Å². The highest BCUT2D eigenvalue weighted by Crippen LogP contribution is 2.04. The fraction of sp³-hybridized carbons (Fsp3) is 0.364. The summed E-state index contributed by atoms with van der Waals surface area (Å²) >= 11 is 0. The van der Waals surface area contributed by atoms with E-state index in [-0.39, 0.29) is 6.61 Å². The third kappa shape index (κ3) is 2.47. The molecule has 0 amide bonds. The maximum absolute atomic E-state index is 9.05. The molecule has 80 valence electrons. The van der Waals surface area contributed by atoms with Gasteiger partial charge in [0.05, 0.1) is 12.9 Å². The number of rotatable bonds is 5. The van der Waals surface area contributed by atoms with Crippen molar-refractivity contribution >= 4 is 0 Å². The Bertz CT molecular complexity index is 392. The molecule has 0 fully saturated rings. The molecule has 2 heterocycles. The van der Waals surface area contributed by atoms with E-state index in [0.717, 1.165) is 25.2 Å². The number of aliphatic hydroxyl groups excluding tert-OH is 1. The minimum Gasteiger partial charge on any atom is -0.390 e. The molecule has 2 aromatic heterocycles. The van der Waals surface area contributed by atoms with Crippen molar-refractivity contribution in [3.63, 3.8) is 0 Å². The first-order valence-corrected chi connectivity index (χ1v) is 5.11. The summed E-state index contributed by atoms with van der Waals surface area (Å²) in [6, 6.07) is 3.90. The van der Waals surface area contributed by atoms with Crippen molar-refractivity contribution in [1.29, 1.82) is 0 Å². The maximum Gasteiger partial charge on any atom is 0.0945 e. The van der Waals surface area contributed by atoms with Crippen LogP contribution in [0, 0.1) is 0 Å². The number of aliphatic hydroxyl groups is 1. The van der Waals surface area contributed by atoms with Gasteiger partial charge in [-0.05, 0) is 18.6 Å². The summed E-state index contributed by atoms with van der Waals surface area (Å²) in [5, 5.41) is 9.05. The van der Waals surface area contributed by atoms with Crippen LogP contribution in [0.5, 0.6) is 0 Å². The number of hydrogen-bond acceptors (Lipinski definition) is 2. The highest BCUT2D eigenvalue weighted by atomic mass is 16.3. The van der Waals surface area contributed by atoms with E-state index in [4.69, 9.17) is 5.11 Å². The van der Waals surface area contributed by atoms with E-state index >= 15 is 0 Å². The zero-order chi connectivity index (χ0) is 10.5. The summed E-state index contributed by atoms with van der Waals surface area (Å²) in [6.45, 7) is 2.00. The Morgan fingerprint density at radius 2 is 2.20 bits per heavy atom. The Labute approximate surface area is 88.8 Å². The van der Waals surface area contributed by atoms with Gasteiger partial charge in [0.25, 0.3) is 0 Å². The minimum absolute atomic E-state index is 0.109. The maximum atomic E-state index is 9.05. The number of nitrogens with zero attached hydrogens (tertiary/aromatic N) is 3. The van der Waals surface area contributed by atoms with Gasteiger partial charge in [-0.3, -0.25) is 0 Å². The van der Waals surface area contributed by atoms with Gasteiger partial charge < -0.3 is 14.2 Å². The quantitative estimate of drug-likeness (QED) is 0.798. The van der Waals surface area contributed by atoms with Gasteiger partial charge in [-0.1, -0.05) is 0 Å². The second-order valence-electron chi connectivity index (χ2n) is 3.51. The van der Waals surface area contributed by atoms with Gasteiger partial charge in [0.15, 0.2) is 0 Å². The molecular weight excluding hydrogens is 190 g/mol. The Balaban J connectivity index is 1.83. The van der Waals surface area contributed by atoms with Crippen LogP contribution in [-0.2, 0) is 19.7 Å². The summed E-state index contributed by atoms with van der Waals surface area (Å²) in [7, 11) is 0. The molecule has 0 saturated heterocycles. The predicted octanol–water partition coefficient (Wildman–Crippen LogP) is 1.27. The molecule has 1 N–H and O–H groups in total. The van der Waals surface area contributed by atoms with Gasteiger partial charge in [0.2, 0.25) is 0 Å². The Hall–Kier alpha value is -1.55. The zero-order valence-electron chi connectivity index (χ0n) is 8.58. The molecule has 0 radical (unpaired) electrons. The number of aryl methyl sites for hydroxylation is 2. The second kappa shape index (κ2) is 4.79. The lowest BCUT2D eigenvalue weighted by molar-refractivity contribution is 0.270. The van der Waals surface area contributed by atoms with E-state index in [9.17, 15) is 0 Å². The Morgan fingerprint density at radius 3 is 2.93 bits per heavy atom. The van der Waals surface area contributed by atoms with Crippen LogP contribution in [0.1, 0.15) is 12.1 Å². The summed E-state index contributed by atoms with van der Waals surface area (Å²) in [5.41, 5.74) is 0.973. The van der Waals surface area contributed by atoms with Gasteiger partial charge >= 0.3 is 0 Å². The lowest BCUT2D eigenvalue weighted by Crippen LogP contribution is -2.05. The average molecular weight is 205 g/mol. The first-order chi connectivity index (χ1) is 7.40. The largest absolute Gasteiger partial charge is 0.390 e. The van der Waals surface area contributed by atoms with Crippen LogP contribution in [0.4, 0.5) is 0 Å². The second-order valence-corrected chi connectivity index (χ2v) is 3.51. The molecule has 4 nitrogen and oxygen atoms in total. The molecule has 0 bridgehead atoms. The van der Waals surface area contributed by atoms with E-state index in [0.29, 0.717) is 0 Å². The number of hydrogen-bond donors (Lipinski definition) is 1.